The van der Waals surface area contributed by atoms with Crippen molar-refractivity contribution in [1.29, 1.82) is 0 Å². The third kappa shape index (κ3) is 4.06. The Kier molecular flexibility index (Phi) is 5.10. The van der Waals surface area contributed by atoms with Gasteiger partial charge in [-0.25, -0.2) is 0 Å². The smallest absolute Gasteiger partial charge is 0.224 e. The van der Waals surface area contributed by atoms with Crippen LogP contribution >= 0.6 is 0 Å². The van der Waals surface area contributed by atoms with Crippen molar-refractivity contribution in [3.63, 3.8) is 0 Å². The molecule has 28 heavy (non-hydrogen) atoms. The van der Waals surface area contributed by atoms with Crippen molar-refractivity contribution in [3.8, 4) is 5.75 Å². The lowest BCUT2D eigenvalue weighted by Crippen LogP contribution is -2.24. The van der Waals surface area contributed by atoms with Crippen molar-refractivity contribution < 1.29 is 13.9 Å². The number of nitrogens with one attached hydrogen (secondary N) is 1. The van der Waals surface area contributed by atoms with Gasteiger partial charge in [0.25, 0.3) is 0 Å². The van der Waals surface area contributed by atoms with Crippen LogP contribution in [0.2, 0.25) is 0 Å². The zero-order valence-corrected chi connectivity index (χ0v) is 15.6. The van der Waals surface area contributed by atoms with E-state index in [1.54, 1.807) is 19.6 Å². The molecule has 0 fully saturated rings. The quantitative estimate of drug-likeness (QED) is 0.536. The summed E-state index contributed by atoms with van der Waals surface area (Å²) in [6.07, 6.45) is 5.62. The molecule has 0 radical (unpaired) electrons. The highest BCUT2D eigenvalue weighted by molar-refractivity contribution is 5.88. The van der Waals surface area contributed by atoms with Crippen molar-refractivity contribution in [2.75, 3.05) is 7.11 Å². The van der Waals surface area contributed by atoms with Crippen LogP contribution < -0.4 is 10.1 Å². The molecule has 2 heterocycles. The summed E-state index contributed by atoms with van der Waals surface area (Å²) in [5, 5.41) is 8.23. The van der Waals surface area contributed by atoms with E-state index in [1.165, 1.54) is 5.56 Å². The fourth-order valence-corrected chi connectivity index (χ4v) is 3.12. The Morgan fingerprint density at radius 1 is 1.18 bits per heavy atom. The maximum absolute atomic E-state index is 12.3. The largest absolute Gasteiger partial charge is 0.497 e. The van der Waals surface area contributed by atoms with Gasteiger partial charge in [-0.3, -0.25) is 9.48 Å². The van der Waals surface area contributed by atoms with Crippen LogP contribution in [0, 0.1) is 0 Å². The van der Waals surface area contributed by atoms with E-state index in [0.717, 1.165) is 22.3 Å². The number of nitrogens with zero attached hydrogens (tertiary/aromatic N) is 2. The normalized spacial score (nSPS) is 10.9. The van der Waals surface area contributed by atoms with E-state index in [4.69, 9.17) is 9.15 Å². The Morgan fingerprint density at radius 2 is 2.04 bits per heavy atom. The Morgan fingerprint density at radius 3 is 2.86 bits per heavy atom. The summed E-state index contributed by atoms with van der Waals surface area (Å²) in [6.45, 7) is 1.15. The third-order valence-corrected chi connectivity index (χ3v) is 4.58. The highest BCUT2D eigenvalue weighted by atomic mass is 16.5. The lowest BCUT2D eigenvalue weighted by Gasteiger charge is -2.03. The summed E-state index contributed by atoms with van der Waals surface area (Å²) >= 11 is 0. The molecule has 2 aromatic carbocycles. The SMILES string of the molecule is COc1ccc2c(CC(=O)NCc3cnn(Cc4ccccc4)c3)coc2c1. The first kappa shape index (κ1) is 17.9. The molecule has 0 saturated heterocycles. The number of carbonyl (C=O) groups is 1. The second kappa shape index (κ2) is 8.00. The molecule has 0 unspecified atom stereocenters. The molecule has 0 atom stereocenters. The molecule has 0 aliphatic carbocycles. The summed E-state index contributed by atoms with van der Waals surface area (Å²) in [5.41, 5.74) is 3.72. The van der Waals surface area contributed by atoms with E-state index < -0.39 is 0 Å². The molecule has 0 bridgehead atoms. The molecule has 0 aliphatic heterocycles. The molecule has 142 valence electrons. The number of rotatable bonds is 7. The Hall–Kier alpha value is -3.54. The lowest BCUT2D eigenvalue weighted by molar-refractivity contribution is -0.120. The van der Waals surface area contributed by atoms with Gasteiger partial charge < -0.3 is 14.5 Å². The minimum Gasteiger partial charge on any atom is -0.497 e. The van der Waals surface area contributed by atoms with Gasteiger partial charge >= 0.3 is 0 Å². The first-order valence-electron chi connectivity index (χ1n) is 9.07. The topological polar surface area (TPSA) is 69.3 Å². The fourth-order valence-electron chi connectivity index (χ4n) is 3.12. The van der Waals surface area contributed by atoms with Crippen molar-refractivity contribution in [2.24, 2.45) is 0 Å². The van der Waals surface area contributed by atoms with Gasteiger partial charge in [0.2, 0.25) is 5.91 Å². The first-order chi connectivity index (χ1) is 13.7. The molecule has 0 saturated carbocycles. The molecule has 2 aromatic heterocycles. The van der Waals surface area contributed by atoms with Crippen LogP contribution in [0.25, 0.3) is 11.0 Å². The molecule has 4 aromatic rings. The van der Waals surface area contributed by atoms with Gasteiger partial charge in [-0.15, -0.1) is 0 Å². The Labute approximate surface area is 162 Å². The van der Waals surface area contributed by atoms with Crippen molar-refractivity contribution in [2.45, 2.75) is 19.5 Å². The van der Waals surface area contributed by atoms with Crippen LogP contribution in [0.15, 0.2) is 71.6 Å². The summed E-state index contributed by atoms with van der Waals surface area (Å²) in [4.78, 5) is 12.3. The molecule has 6 heteroatoms. The summed E-state index contributed by atoms with van der Waals surface area (Å²) < 4.78 is 12.6. The Balaban J connectivity index is 1.34. The molecule has 1 amide bonds. The molecule has 1 N–H and O–H groups in total. The second-order valence-corrected chi connectivity index (χ2v) is 6.61. The predicted octanol–water partition coefficient (Wildman–Crippen LogP) is 3.55. The van der Waals surface area contributed by atoms with Gasteiger partial charge in [0, 0.05) is 35.3 Å². The van der Waals surface area contributed by atoms with E-state index in [1.807, 2.05) is 47.3 Å². The highest BCUT2D eigenvalue weighted by Crippen LogP contribution is 2.25. The predicted molar refractivity (Wildman–Crippen MR) is 106 cm³/mol. The molecular weight excluding hydrogens is 354 g/mol. The average molecular weight is 375 g/mol. The van der Waals surface area contributed by atoms with Crippen LogP contribution in [0.4, 0.5) is 0 Å². The number of fused-ring (bicyclic) bond motifs is 1. The number of benzene rings is 2. The number of hydrogen-bond donors (Lipinski definition) is 1. The van der Waals surface area contributed by atoms with Gasteiger partial charge in [-0.05, 0) is 17.7 Å². The van der Waals surface area contributed by atoms with Gasteiger partial charge in [0.1, 0.15) is 11.3 Å². The number of furan rings is 1. The van der Waals surface area contributed by atoms with Crippen LogP contribution in [-0.2, 0) is 24.3 Å². The number of methoxy groups -OCH3 is 1. The number of carbonyl (C=O) groups excluding carboxylic acids is 1. The van der Waals surface area contributed by atoms with E-state index in [2.05, 4.69) is 22.5 Å². The molecule has 4 rings (SSSR count). The summed E-state index contributed by atoms with van der Waals surface area (Å²) in [5.74, 6) is 0.666. The molecule has 0 aliphatic rings. The first-order valence-corrected chi connectivity index (χ1v) is 9.07. The zero-order chi connectivity index (χ0) is 19.3. The van der Waals surface area contributed by atoms with Gasteiger partial charge in [-0.2, -0.15) is 5.10 Å². The van der Waals surface area contributed by atoms with Gasteiger partial charge in [-0.1, -0.05) is 30.3 Å². The van der Waals surface area contributed by atoms with Crippen LogP contribution in [0.1, 0.15) is 16.7 Å². The lowest BCUT2D eigenvalue weighted by atomic mass is 10.1. The van der Waals surface area contributed by atoms with E-state index >= 15 is 0 Å². The maximum Gasteiger partial charge on any atom is 0.224 e. The summed E-state index contributed by atoms with van der Waals surface area (Å²) in [6, 6.07) is 15.7. The molecule has 6 nitrogen and oxygen atoms in total. The number of hydrogen-bond acceptors (Lipinski definition) is 4. The van der Waals surface area contributed by atoms with Crippen LogP contribution in [0.5, 0.6) is 5.75 Å². The third-order valence-electron chi connectivity index (χ3n) is 4.58. The fraction of sp³-hybridized carbons (Fsp3) is 0.182. The minimum absolute atomic E-state index is 0.0608. The number of ether oxygens (including phenoxy) is 1. The van der Waals surface area contributed by atoms with Crippen molar-refractivity contribution >= 4 is 16.9 Å². The molecular formula is C22H21N3O3. The number of amides is 1. The summed E-state index contributed by atoms with van der Waals surface area (Å²) in [7, 11) is 1.61. The van der Waals surface area contributed by atoms with Gasteiger partial charge in [0.05, 0.1) is 32.5 Å². The second-order valence-electron chi connectivity index (χ2n) is 6.61. The van der Waals surface area contributed by atoms with Crippen LogP contribution in [-0.4, -0.2) is 22.8 Å². The van der Waals surface area contributed by atoms with E-state index in [-0.39, 0.29) is 12.3 Å². The maximum atomic E-state index is 12.3. The Bertz CT molecular complexity index is 1080. The monoisotopic (exact) mass is 375 g/mol. The average Bonchev–Trinajstić information content (AvgIpc) is 3.33. The van der Waals surface area contributed by atoms with Gasteiger partial charge in [0.15, 0.2) is 0 Å². The highest BCUT2D eigenvalue weighted by Gasteiger charge is 2.11. The zero-order valence-electron chi connectivity index (χ0n) is 15.6. The minimum atomic E-state index is -0.0608. The van der Waals surface area contributed by atoms with Crippen molar-refractivity contribution in [1.82, 2.24) is 15.1 Å². The van der Waals surface area contributed by atoms with E-state index in [9.17, 15) is 4.79 Å². The van der Waals surface area contributed by atoms with Crippen LogP contribution in [0.3, 0.4) is 0 Å². The standard InChI is InChI=1S/C22H21N3O3/c1-27-19-7-8-20-18(15-28-21(20)10-19)9-22(26)23-11-17-12-24-25(14-17)13-16-5-3-2-4-6-16/h2-8,10,12,14-15H,9,11,13H2,1H3,(H,23,26). The van der Waals surface area contributed by atoms with Crippen molar-refractivity contribution in [3.05, 3.63) is 83.9 Å². The number of aromatic nitrogens is 2. The molecule has 0 spiro atoms. The van der Waals surface area contributed by atoms with E-state index in [0.29, 0.717) is 18.7 Å².